The lowest BCUT2D eigenvalue weighted by Crippen LogP contribution is -2.51. The predicted octanol–water partition coefficient (Wildman–Crippen LogP) is 0.600. The lowest BCUT2D eigenvalue weighted by atomic mass is 10.2. The molecule has 2 heterocycles. The van der Waals surface area contributed by atoms with Crippen molar-refractivity contribution >= 4 is 5.82 Å². The molecule has 1 aliphatic rings. The summed E-state index contributed by atoms with van der Waals surface area (Å²) in [6.45, 7) is 8.41. The first kappa shape index (κ1) is 12.3. The van der Waals surface area contributed by atoms with Crippen LogP contribution >= 0.6 is 0 Å². The van der Waals surface area contributed by atoms with Crippen LogP contribution in [0.4, 0.5) is 5.82 Å². The number of rotatable bonds is 4. The number of aromatic nitrogens is 2. The molecule has 0 saturated carbocycles. The molecule has 1 aromatic rings. The summed E-state index contributed by atoms with van der Waals surface area (Å²) >= 11 is 0. The van der Waals surface area contributed by atoms with E-state index in [1.165, 1.54) is 0 Å². The second kappa shape index (κ2) is 5.93. The third-order valence-electron chi connectivity index (χ3n) is 2.98. The third kappa shape index (κ3) is 2.92. The van der Waals surface area contributed by atoms with Gasteiger partial charge in [-0.2, -0.15) is 0 Å². The molecule has 1 fully saturated rings. The van der Waals surface area contributed by atoms with Gasteiger partial charge < -0.3 is 15.0 Å². The average molecular weight is 236 g/mol. The quantitative estimate of drug-likeness (QED) is 0.829. The molecule has 1 aliphatic heterocycles. The normalized spacial score (nSPS) is 20.6. The van der Waals surface area contributed by atoms with E-state index in [9.17, 15) is 0 Å². The maximum absolute atomic E-state index is 5.54. The second-order valence-electron chi connectivity index (χ2n) is 4.20. The largest absolute Gasteiger partial charge is 0.377 e. The van der Waals surface area contributed by atoms with Gasteiger partial charge in [-0.3, -0.25) is 4.98 Å². The highest BCUT2D eigenvalue weighted by Crippen LogP contribution is 2.19. The van der Waals surface area contributed by atoms with Crippen molar-refractivity contribution in [3.8, 4) is 0 Å². The zero-order valence-electron chi connectivity index (χ0n) is 10.5. The van der Waals surface area contributed by atoms with Gasteiger partial charge in [-0.15, -0.1) is 0 Å². The van der Waals surface area contributed by atoms with Crippen molar-refractivity contribution in [2.75, 3.05) is 37.7 Å². The molecule has 1 saturated heterocycles. The van der Waals surface area contributed by atoms with Gasteiger partial charge in [-0.05, 0) is 13.5 Å². The summed E-state index contributed by atoms with van der Waals surface area (Å²) < 4.78 is 5.54. The Bertz CT molecular complexity index is 358. The molecule has 0 bridgehead atoms. The Morgan fingerprint density at radius 2 is 2.29 bits per heavy atom. The smallest absolute Gasteiger partial charge is 0.150 e. The fourth-order valence-corrected chi connectivity index (χ4v) is 2.10. The lowest BCUT2D eigenvalue weighted by molar-refractivity contribution is 0.0934. The monoisotopic (exact) mass is 236 g/mol. The van der Waals surface area contributed by atoms with Crippen LogP contribution in [0.15, 0.2) is 12.4 Å². The van der Waals surface area contributed by atoms with Crippen molar-refractivity contribution in [3.05, 3.63) is 18.1 Å². The maximum atomic E-state index is 5.54. The van der Waals surface area contributed by atoms with Gasteiger partial charge in [0.1, 0.15) is 5.82 Å². The van der Waals surface area contributed by atoms with E-state index in [2.05, 4.69) is 27.1 Å². The van der Waals surface area contributed by atoms with Crippen LogP contribution in [-0.2, 0) is 4.74 Å². The molecule has 5 nitrogen and oxygen atoms in total. The van der Waals surface area contributed by atoms with E-state index in [0.29, 0.717) is 6.04 Å². The lowest BCUT2D eigenvalue weighted by Gasteiger charge is -2.37. The van der Waals surface area contributed by atoms with Crippen LogP contribution in [0.2, 0.25) is 0 Å². The van der Waals surface area contributed by atoms with Crippen molar-refractivity contribution in [2.24, 2.45) is 0 Å². The fraction of sp³-hybridized carbons (Fsp3) is 0.667. The van der Waals surface area contributed by atoms with E-state index in [1.807, 2.05) is 6.92 Å². The zero-order valence-corrected chi connectivity index (χ0v) is 10.5. The average Bonchev–Trinajstić information content (AvgIpc) is 2.37. The topological polar surface area (TPSA) is 50.3 Å². The zero-order chi connectivity index (χ0) is 12.1. The second-order valence-corrected chi connectivity index (χ2v) is 4.20. The van der Waals surface area contributed by atoms with Crippen LogP contribution < -0.4 is 10.2 Å². The molecule has 0 radical (unpaired) electrons. The predicted molar refractivity (Wildman–Crippen MR) is 67.3 cm³/mol. The Morgan fingerprint density at radius 1 is 1.47 bits per heavy atom. The molecule has 94 valence electrons. The number of hydrogen-bond acceptors (Lipinski definition) is 5. The van der Waals surface area contributed by atoms with Gasteiger partial charge in [0.05, 0.1) is 24.9 Å². The molecule has 2 rings (SSSR count). The number of nitrogens with one attached hydrogen (secondary N) is 1. The van der Waals surface area contributed by atoms with E-state index >= 15 is 0 Å². The molecule has 1 unspecified atom stereocenters. The number of hydrogen-bond donors (Lipinski definition) is 1. The minimum Gasteiger partial charge on any atom is -0.377 e. The molecule has 0 amide bonds. The highest BCUT2D eigenvalue weighted by molar-refractivity contribution is 5.44. The molecular formula is C12H20N4O. The molecule has 0 aromatic carbocycles. The van der Waals surface area contributed by atoms with Gasteiger partial charge in [0.2, 0.25) is 0 Å². The van der Waals surface area contributed by atoms with Gasteiger partial charge in [0.25, 0.3) is 0 Å². The molecule has 0 aliphatic carbocycles. The van der Waals surface area contributed by atoms with E-state index in [-0.39, 0.29) is 0 Å². The molecular weight excluding hydrogens is 216 g/mol. The summed E-state index contributed by atoms with van der Waals surface area (Å²) in [7, 11) is 0. The Kier molecular flexibility index (Phi) is 4.28. The Hall–Kier alpha value is -1.20. The molecule has 1 aromatic heterocycles. The van der Waals surface area contributed by atoms with Gasteiger partial charge in [-0.1, -0.05) is 6.92 Å². The van der Waals surface area contributed by atoms with E-state index < -0.39 is 0 Å². The summed E-state index contributed by atoms with van der Waals surface area (Å²) in [5, 5.41) is 3.37. The van der Waals surface area contributed by atoms with Crippen molar-refractivity contribution in [2.45, 2.75) is 19.9 Å². The van der Waals surface area contributed by atoms with Gasteiger partial charge >= 0.3 is 0 Å². The van der Waals surface area contributed by atoms with Gasteiger partial charge in [0, 0.05) is 25.5 Å². The van der Waals surface area contributed by atoms with E-state index in [0.717, 1.165) is 44.4 Å². The van der Waals surface area contributed by atoms with Crippen LogP contribution in [0.5, 0.6) is 0 Å². The van der Waals surface area contributed by atoms with Crippen LogP contribution in [-0.4, -0.2) is 48.9 Å². The molecule has 17 heavy (non-hydrogen) atoms. The molecule has 1 atom stereocenters. The van der Waals surface area contributed by atoms with Crippen LogP contribution in [0.1, 0.15) is 12.6 Å². The number of nitrogens with zero attached hydrogens (tertiary/aromatic N) is 3. The number of aryl methyl sites for hydroxylation is 1. The summed E-state index contributed by atoms with van der Waals surface area (Å²) in [6.07, 6.45) is 3.49. The third-order valence-corrected chi connectivity index (χ3v) is 2.98. The van der Waals surface area contributed by atoms with Crippen molar-refractivity contribution in [1.82, 2.24) is 15.3 Å². The summed E-state index contributed by atoms with van der Waals surface area (Å²) in [4.78, 5) is 11.0. The Balaban J connectivity index is 2.13. The van der Waals surface area contributed by atoms with Crippen molar-refractivity contribution in [3.63, 3.8) is 0 Å². The SMILES string of the molecule is CCNCC1COCCN1c1nccnc1C. The summed E-state index contributed by atoms with van der Waals surface area (Å²) in [6, 6.07) is 0.346. The number of likely N-dealkylation sites (N-methyl/N-ethyl adjacent to an activating group) is 1. The van der Waals surface area contributed by atoms with Crippen molar-refractivity contribution < 1.29 is 4.74 Å². The number of anilines is 1. The van der Waals surface area contributed by atoms with E-state index in [1.54, 1.807) is 12.4 Å². The number of morpholine rings is 1. The minimum absolute atomic E-state index is 0.346. The fourth-order valence-electron chi connectivity index (χ4n) is 2.10. The van der Waals surface area contributed by atoms with Crippen LogP contribution in [0.25, 0.3) is 0 Å². The summed E-state index contributed by atoms with van der Waals surface area (Å²) in [5.41, 5.74) is 0.982. The standard InChI is InChI=1S/C12H20N4O/c1-3-13-8-11-9-17-7-6-16(11)12-10(2)14-4-5-15-12/h4-5,11,13H,3,6-9H2,1-2H3. The van der Waals surface area contributed by atoms with Gasteiger partial charge in [-0.25, -0.2) is 4.98 Å². The van der Waals surface area contributed by atoms with Crippen LogP contribution in [0.3, 0.4) is 0 Å². The highest BCUT2D eigenvalue weighted by Gasteiger charge is 2.24. The molecule has 0 spiro atoms. The van der Waals surface area contributed by atoms with Gasteiger partial charge in [0.15, 0.2) is 0 Å². The number of ether oxygens (including phenoxy) is 1. The first-order valence-corrected chi connectivity index (χ1v) is 6.15. The summed E-state index contributed by atoms with van der Waals surface area (Å²) in [5.74, 6) is 0.985. The Labute approximate surface area is 102 Å². The highest BCUT2D eigenvalue weighted by atomic mass is 16.5. The molecule has 1 N–H and O–H groups in total. The first-order chi connectivity index (χ1) is 8.33. The molecule has 5 heteroatoms. The first-order valence-electron chi connectivity index (χ1n) is 6.15. The van der Waals surface area contributed by atoms with Crippen molar-refractivity contribution in [1.29, 1.82) is 0 Å². The Morgan fingerprint density at radius 3 is 3.06 bits per heavy atom. The minimum atomic E-state index is 0.346. The maximum Gasteiger partial charge on any atom is 0.150 e. The van der Waals surface area contributed by atoms with Crippen LogP contribution in [0, 0.1) is 6.92 Å². The van der Waals surface area contributed by atoms with E-state index in [4.69, 9.17) is 4.74 Å².